The number of nitrogens with zero attached hydrogens (tertiary/aromatic N) is 4. The van der Waals surface area contributed by atoms with Crippen molar-refractivity contribution in [2.45, 2.75) is 26.7 Å². The van der Waals surface area contributed by atoms with E-state index < -0.39 is 0 Å². The molecular weight excluding hydrogens is 240 g/mol. The second-order valence-corrected chi connectivity index (χ2v) is 4.49. The molecule has 0 amide bonds. The van der Waals surface area contributed by atoms with Crippen molar-refractivity contribution in [2.24, 2.45) is 7.05 Å². The second-order valence-electron chi connectivity index (χ2n) is 4.49. The summed E-state index contributed by atoms with van der Waals surface area (Å²) in [4.78, 5) is 9.08. The van der Waals surface area contributed by atoms with E-state index in [1.54, 1.807) is 10.9 Å². The molecule has 0 aliphatic heterocycles. The van der Waals surface area contributed by atoms with Gasteiger partial charge in [0.25, 0.3) is 0 Å². The monoisotopic (exact) mass is 260 g/mol. The predicted molar refractivity (Wildman–Crippen MR) is 76.8 cm³/mol. The van der Waals surface area contributed by atoms with Crippen molar-refractivity contribution in [2.75, 3.05) is 17.7 Å². The third-order valence-corrected chi connectivity index (χ3v) is 2.87. The van der Waals surface area contributed by atoms with Crippen molar-refractivity contribution in [3.05, 3.63) is 23.8 Å². The summed E-state index contributed by atoms with van der Waals surface area (Å²) in [5, 5.41) is 10.5. The van der Waals surface area contributed by atoms with Crippen molar-refractivity contribution in [3.8, 4) is 0 Å². The highest BCUT2D eigenvalue weighted by atomic mass is 15.3. The van der Waals surface area contributed by atoms with Crippen LogP contribution in [0.2, 0.25) is 0 Å². The van der Waals surface area contributed by atoms with Gasteiger partial charge in [0.1, 0.15) is 17.5 Å². The molecule has 0 bridgehead atoms. The van der Waals surface area contributed by atoms with Crippen LogP contribution in [0.25, 0.3) is 0 Å². The Hall–Kier alpha value is -2.11. The first-order valence-electron chi connectivity index (χ1n) is 6.45. The summed E-state index contributed by atoms with van der Waals surface area (Å²) in [5.41, 5.74) is 1.93. The largest absolute Gasteiger partial charge is 0.373 e. The first kappa shape index (κ1) is 13.3. The summed E-state index contributed by atoms with van der Waals surface area (Å²) in [6.07, 6.45) is 5.59. The van der Waals surface area contributed by atoms with E-state index in [0.29, 0.717) is 0 Å². The van der Waals surface area contributed by atoms with Crippen LogP contribution in [-0.2, 0) is 13.5 Å². The van der Waals surface area contributed by atoms with E-state index in [0.717, 1.165) is 41.6 Å². The highest BCUT2D eigenvalue weighted by molar-refractivity contribution is 5.63. The van der Waals surface area contributed by atoms with Crippen LogP contribution in [0.3, 0.4) is 0 Å². The Balaban J connectivity index is 2.34. The topological polar surface area (TPSA) is 67.7 Å². The van der Waals surface area contributed by atoms with Crippen LogP contribution in [0.5, 0.6) is 0 Å². The third-order valence-electron chi connectivity index (χ3n) is 2.87. The van der Waals surface area contributed by atoms with Crippen molar-refractivity contribution in [1.29, 1.82) is 0 Å². The number of nitrogens with one attached hydrogen (secondary N) is 2. The van der Waals surface area contributed by atoms with Crippen molar-refractivity contribution < 1.29 is 0 Å². The lowest BCUT2D eigenvalue weighted by Gasteiger charge is -2.12. The van der Waals surface area contributed by atoms with Crippen LogP contribution in [0, 0.1) is 6.92 Å². The van der Waals surface area contributed by atoms with Gasteiger partial charge in [-0.25, -0.2) is 9.97 Å². The molecule has 0 unspecified atom stereocenters. The zero-order valence-corrected chi connectivity index (χ0v) is 11.9. The van der Waals surface area contributed by atoms with Gasteiger partial charge in [-0.3, -0.25) is 4.68 Å². The number of anilines is 3. The van der Waals surface area contributed by atoms with E-state index in [1.807, 2.05) is 27.2 Å². The molecule has 0 saturated carbocycles. The van der Waals surface area contributed by atoms with Crippen LogP contribution in [0.4, 0.5) is 17.3 Å². The van der Waals surface area contributed by atoms with E-state index in [1.165, 1.54) is 0 Å². The molecule has 0 aromatic carbocycles. The summed E-state index contributed by atoms with van der Waals surface area (Å²) in [5.74, 6) is 2.55. The molecule has 0 radical (unpaired) electrons. The van der Waals surface area contributed by atoms with Gasteiger partial charge >= 0.3 is 0 Å². The highest BCUT2D eigenvalue weighted by Gasteiger charge is 2.10. The van der Waals surface area contributed by atoms with Gasteiger partial charge < -0.3 is 10.6 Å². The number of hydrogen-bond acceptors (Lipinski definition) is 5. The van der Waals surface area contributed by atoms with Crippen LogP contribution in [0.1, 0.15) is 24.7 Å². The molecule has 6 nitrogen and oxygen atoms in total. The molecule has 2 aromatic heterocycles. The fourth-order valence-electron chi connectivity index (χ4n) is 1.89. The van der Waals surface area contributed by atoms with Gasteiger partial charge in [0, 0.05) is 32.3 Å². The van der Waals surface area contributed by atoms with Gasteiger partial charge in [-0.1, -0.05) is 6.92 Å². The maximum absolute atomic E-state index is 4.58. The maximum atomic E-state index is 4.58. The van der Waals surface area contributed by atoms with E-state index in [9.17, 15) is 0 Å². The van der Waals surface area contributed by atoms with Gasteiger partial charge in [-0.05, 0) is 13.3 Å². The average molecular weight is 260 g/mol. The number of aryl methyl sites for hydroxylation is 2. The average Bonchev–Trinajstić information content (AvgIpc) is 2.79. The molecule has 102 valence electrons. The molecule has 2 N–H and O–H groups in total. The highest BCUT2D eigenvalue weighted by Crippen LogP contribution is 2.23. The second kappa shape index (κ2) is 5.69. The maximum Gasteiger partial charge on any atom is 0.139 e. The fourth-order valence-corrected chi connectivity index (χ4v) is 1.89. The molecule has 2 aromatic rings. The lowest BCUT2D eigenvalue weighted by Crippen LogP contribution is -2.07. The van der Waals surface area contributed by atoms with E-state index in [-0.39, 0.29) is 0 Å². The van der Waals surface area contributed by atoms with E-state index >= 15 is 0 Å². The Labute approximate surface area is 113 Å². The molecule has 19 heavy (non-hydrogen) atoms. The van der Waals surface area contributed by atoms with Crippen molar-refractivity contribution in [1.82, 2.24) is 19.7 Å². The molecule has 0 fully saturated rings. The smallest absolute Gasteiger partial charge is 0.139 e. The summed E-state index contributed by atoms with van der Waals surface area (Å²) in [6.45, 7) is 4.12. The SMILES string of the molecule is CCCc1nc(NC)c(C)c(Nc2cnn(C)c2)n1. The van der Waals surface area contributed by atoms with Crippen molar-refractivity contribution >= 4 is 17.3 Å². The van der Waals surface area contributed by atoms with Gasteiger partial charge in [0.2, 0.25) is 0 Å². The molecule has 0 saturated heterocycles. The van der Waals surface area contributed by atoms with Gasteiger partial charge in [-0.2, -0.15) is 5.10 Å². The summed E-state index contributed by atoms with van der Waals surface area (Å²) >= 11 is 0. The number of aromatic nitrogens is 4. The first-order valence-corrected chi connectivity index (χ1v) is 6.45. The third kappa shape index (κ3) is 3.01. The molecule has 2 rings (SSSR count). The Morgan fingerprint density at radius 2 is 2.00 bits per heavy atom. The first-order chi connectivity index (χ1) is 9.13. The Kier molecular flexibility index (Phi) is 3.99. The number of rotatable bonds is 5. The molecule has 0 spiro atoms. The normalized spacial score (nSPS) is 10.5. The molecule has 0 atom stereocenters. The minimum Gasteiger partial charge on any atom is -0.373 e. The molecule has 2 heterocycles. The quantitative estimate of drug-likeness (QED) is 0.863. The van der Waals surface area contributed by atoms with Gasteiger partial charge in [0.15, 0.2) is 0 Å². The number of hydrogen-bond donors (Lipinski definition) is 2. The Morgan fingerprint density at radius 1 is 1.26 bits per heavy atom. The van der Waals surface area contributed by atoms with Gasteiger partial charge in [-0.15, -0.1) is 0 Å². The lowest BCUT2D eigenvalue weighted by molar-refractivity contribution is 0.768. The summed E-state index contributed by atoms with van der Waals surface area (Å²) in [7, 11) is 3.76. The Bertz CT molecular complexity index is 560. The fraction of sp³-hybridized carbons (Fsp3) is 0.462. The molecule has 0 aliphatic rings. The van der Waals surface area contributed by atoms with Crippen molar-refractivity contribution in [3.63, 3.8) is 0 Å². The summed E-state index contributed by atoms with van der Waals surface area (Å²) in [6, 6.07) is 0. The minimum atomic E-state index is 0.829. The van der Waals surface area contributed by atoms with Crippen LogP contribution >= 0.6 is 0 Å². The lowest BCUT2D eigenvalue weighted by atomic mass is 10.2. The standard InChI is InChI=1S/C13H20N6/c1-5-6-11-17-12(14-3)9(2)13(18-11)16-10-7-15-19(4)8-10/h7-8H,5-6H2,1-4H3,(H2,14,16,17,18). The predicted octanol–water partition coefficient (Wildman–Crippen LogP) is 2.26. The van der Waals surface area contributed by atoms with Crippen LogP contribution in [-0.4, -0.2) is 26.8 Å². The van der Waals surface area contributed by atoms with Crippen LogP contribution < -0.4 is 10.6 Å². The van der Waals surface area contributed by atoms with E-state index in [4.69, 9.17) is 0 Å². The van der Waals surface area contributed by atoms with Gasteiger partial charge in [0.05, 0.1) is 11.9 Å². The van der Waals surface area contributed by atoms with E-state index in [2.05, 4.69) is 32.6 Å². The molecular formula is C13H20N6. The zero-order valence-electron chi connectivity index (χ0n) is 11.9. The summed E-state index contributed by atoms with van der Waals surface area (Å²) < 4.78 is 1.75. The zero-order chi connectivity index (χ0) is 13.8. The molecule has 6 heteroatoms. The van der Waals surface area contributed by atoms with Crippen LogP contribution in [0.15, 0.2) is 12.4 Å². The molecule has 0 aliphatic carbocycles. The minimum absolute atomic E-state index is 0.829. The Morgan fingerprint density at radius 3 is 2.58 bits per heavy atom.